The molecule has 0 spiro atoms. The van der Waals surface area contributed by atoms with Crippen LogP contribution in [0.3, 0.4) is 0 Å². The molecule has 23 heavy (non-hydrogen) atoms. The van der Waals surface area contributed by atoms with Crippen LogP contribution in [0.4, 0.5) is 0 Å². The number of rotatable bonds is 16. The Labute approximate surface area is 148 Å². The van der Waals surface area contributed by atoms with Crippen molar-refractivity contribution in [1.29, 1.82) is 0 Å². The maximum Gasteiger partial charge on any atom is 0.305 e. The van der Waals surface area contributed by atoms with Crippen molar-refractivity contribution < 1.29 is 9.53 Å². The molecular formula is C20H38O2S. The highest BCUT2D eigenvalue weighted by Gasteiger charge is 2.36. The van der Waals surface area contributed by atoms with Gasteiger partial charge >= 0.3 is 5.97 Å². The summed E-state index contributed by atoms with van der Waals surface area (Å²) in [5, 5.41) is 2.04. The topological polar surface area (TPSA) is 26.3 Å². The molecule has 0 bridgehead atoms. The predicted octanol–water partition coefficient (Wildman–Crippen LogP) is 6.51. The van der Waals surface area contributed by atoms with Crippen molar-refractivity contribution in [3.05, 3.63) is 0 Å². The zero-order chi connectivity index (χ0) is 16.8. The maximum absolute atomic E-state index is 11.0. The van der Waals surface area contributed by atoms with E-state index in [0.717, 1.165) is 16.9 Å². The van der Waals surface area contributed by atoms with E-state index in [9.17, 15) is 4.79 Å². The van der Waals surface area contributed by atoms with Crippen molar-refractivity contribution in [3.8, 4) is 0 Å². The summed E-state index contributed by atoms with van der Waals surface area (Å²) in [7, 11) is 1.47. The van der Waals surface area contributed by atoms with Crippen molar-refractivity contribution >= 4 is 17.7 Å². The van der Waals surface area contributed by atoms with E-state index in [1.807, 2.05) is 0 Å². The first kappa shape index (κ1) is 20.9. The normalized spacial score (nSPS) is 19.7. The van der Waals surface area contributed by atoms with E-state index in [4.69, 9.17) is 0 Å². The van der Waals surface area contributed by atoms with Crippen LogP contribution in [-0.2, 0) is 9.53 Å². The number of carbonyl (C=O) groups is 1. The van der Waals surface area contributed by atoms with Crippen LogP contribution in [0.15, 0.2) is 0 Å². The third-order valence-electron chi connectivity index (χ3n) is 4.88. The number of thioether (sulfide) groups is 1. The van der Waals surface area contributed by atoms with Crippen molar-refractivity contribution in [2.45, 2.75) is 114 Å². The Hall–Kier alpha value is -0.180. The molecular weight excluding hydrogens is 304 g/mol. The van der Waals surface area contributed by atoms with Crippen molar-refractivity contribution in [1.82, 2.24) is 0 Å². The number of esters is 1. The molecule has 0 aromatic carbocycles. The Bertz CT molecular complexity index is 293. The Morgan fingerprint density at radius 1 is 0.783 bits per heavy atom. The fourth-order valence-corrected chi connectivity index (χ4v) is 4.47. The number of ether oxygens (including phenoxy) is 1. The highest BCUT2D eigenvalue weighted by atomic mass is 32.2. The lowest BCUT2D eigenvalue weighted by molar-refractivity contribution is -0.140. The fraction of sp³-hybridized carbons (Fsp3) is 0.950. The number of unbranched alkanes of at least 4 members (excludes halogenated alkanes) is 10. The van der Waals surface area contributed by atoms with Gasteiger partial charge in [-0.25, -0.2) is 0 Å². The standard InChI is InChI=1S/C20H38O2S/c1-3-4-12-15-18-19(23-18)16-13-10-8-6-5-7-9-11-14-17-20(21)22-2/h18-19H,3-17H2,1-2H3. The molecule has 1 saturated heterocycles. The fourth-order valence-electron chi connectivity index (χ4n) is 3.24. The summed E-state index contributed by atoms with van der Waals surface area (Å²) in [5.74, 6) is -0.0635. The minimum atomic E-state index is -0.0635. The summed E-state index contributed by atoms with van der Waals surface area (Å²) in [6.45, 7) is 2.29. The van der Waals surface area contributed by atoms with E-state index >= 15 is 0 Å². The van der Waals surface area contributed by atoms with E-state index in [1.165, 1.54) is 90.6 Å². The monoisotopic (exact) mass is 342 g/mol. The Morgan fingerprint density at radius 2 is 1.26 bits per heavy atom. The molecule has 0 radical (unpaired) electrons. The molecule has 1 aliphatic heterocycles. The lowest BCUT2D eigenvalue weighted by atomic mass is 10.0. The van der Waals surface area contributed by atoms with Crippen LogP contribution in [0.25, 0.3) is 0 Å². The molecule has 0 aliphatic carbocycles. The minimum absolute atomic E-state index is 0.0635. The second-order valence-electron chi connectivity index (χ2n) is 7.01. The third kappa shape index (κ3) is 11.9. The quantitative estimate of drug-likeness (QED) is 0.181. The van der Waals surface area contributed by atoms with Crippen LogP contribution in [0.1, 0.15) is 103 Å². The summed E-state index contributed by atoms with van der Waals surface area (Å²) in [4.78, 5) is 11.0. The SMILES string of the molecule is CCCCCC1SC1CCCCCCCCCCCC(=O)OC. The smallest absolute Gasteiger partial charge is 0.305 e. The van der Waals surface area contributed by atoms with Gasteiger partial charge in [0.05, 0.1) is 7.11 Å². The Morgan fingerprint density at radius 3 is 1.78 bits per heavy atom. The molecule has 1 aliphatic rings. The number of hydrogen-bond donors (Lipinski definition) is 0. The zero-order valence-electron chi connectivity index (χ0n) is 15.5. The molecule has 0 saturated carbocycles. The molecule has 1 heterocycles. The van der Waals surface area contributed by atoms with Gasteiger partial charge < -0.3 is 4.74 Å². The summed E-state index contributed by atoms with van der Waals surface area (Å²) < 4.78 is 4.64. The lowest BCUT2D eigenvalue weighted by Crippen LogP contribution is -1.99. The van der Waals surface area contributed by atoms with Gasteiger partial charge in [-0.05, 0) is 19.3 Å². The average molecular weight is 343 g/mol. The molecule has 1 fully saturated rings. The highest BCUT2D eigenvalue weighted by molar-refractivity contribution is 8.07. The molecule has 2 unspecified atom stereocenters. The van der Waals surface area contributed by atoms with Crippen LogP contribution in [0.5, 0.6) is 0 Å². The zero-order valence-corrected chi connectivity index (χ0v) is 16.3. The first-order chi connectivity index (χ1) is 11.3. The van der Waals surface area contributed by atoms with Crippen molar-refractivity contribution in [3.63, 3.8) is 0 Å². The number of methoxy groups -OCH3 is 1. The van der Waals surface area contributed by atoms with Gasteiger partial charge in [-0.3, -0.25) is 4.79 Å². The number of carbonyl (C=O) groups excluding carboxylic acids is 1. The minimum Gasteiger partial charge on any atom is -0.469 e. The van der Waals surface area contributed by atoms with Gasteiger partial charge in [-0.2, -0.15) is 11.8 Å². The van der Waals surface area contributed by atoms with Gasteiger partial charge in [0.1, 0.15) is 0 Å². The van der Waals surface area contributed by atoms with Crippen LogP contribution in [0, 0.1) is 0 Å². The van der Waals surface area contributed by atoms with E-state index in [2.05, 4.69) is 23.4 Å². The Kier molecular flexibility index (Phi) is 12.9. The number of hydrogen-bond acceptors (Lipinski definition) is 3. The summed E-state index contributed by atoms with van der Waals surface area (Å²) in [6.07, 6.45) is 19.6. The molecule has 0 aromatic heterocycles. The molecule has 0 aromatic rings. The second-order valence-corrected chi connectivity index (χ2v) is 8.49. The van der Waals surface area contributed by atoms with Crippen molar-refractivity contribution in [2.24, 2.45) is 0 Å². The first-order valence-electron chi connectivity index (χ1n) is 10.00. The average Bonchev–Trinajstić information content (AvgIpc) is 3.30. The summed E-state index contributed by atoms with van der Waals surface area (Å²) >= 11 is 2.24. The third-order valence-corrected chi connectivity index (χ3v) is 6.39. The van der Waals surface area contributed by atoms with Gasteiger partial charge in [0.15, 0.2) is 0 Å². The summed E-state index contributed by atoms with van der Waals surface area (Å²) in [6, 6.07) is 0. The second kappa shape index (κ2) is 14.2. The highest BCUT2D eigenvalue weighted by Crippen LogP contribution is 2.47. The Balaban J connectivity index is 1.72. The van der Waals surface area contributed by atoms with Crippen LogP contribution >= 0.6 is 11.8 Å². The molecule has 0 N–H and O–H groups in total. The van der Waals surface area contributed by atoms with Gasteiger partial charge in [-0.15, -0.1) is 0 Å². The van der Waals surface area contributed by atoms with Gasteiger partial charge in [0, 0.05) is 16.9 Å². The van der Waals surface area contributed by atoms with Crippen molar-refractivity contribution in [2.75, 3.05) is 7.11 Å². The lowest BCUT2D eigenvalue weighted by Gasteiger charge is -2.03. The van der Waals surface area contributed by atoms with E-state index in [0.29, 0.717) is 6.42 Å². The van der Waals surface area contributed by atoms with Crippen LogP contribution in [0.2, 0.25) is 0 Å². The van der Waals surface area contributed by atoms with Gasteiger partial charge in [0.2, 0.25) is 0 Å². The molecule has 0 amide bonds. The predicted molar refractivity (Wildman–Crippen MR) is 102 cm³/mol. The van der Waals surface area contributed by atoms with E-state index in [1.54, 1.807) is 0 Å². The van der Waals surface area contributed by atoms with Gasteiger partial charge in [-0.1, -0.05) is 77.6 Å². The largest absolute Gasteiger partial charge is 0.469 e. The van der Waals surface area contributed by atoms with Gasteiger partial charge in [0.25, 0.3) is 0 Å². The molecule has 2 nitrogen and oxygen atoms in total. The molecule has 1 rings (SSSR count). The maximum atomic E-state index is 11.0. The van der Waals surface area contributed by atoms with Crippen LogP contribution in [-0.4, -0.2) is 23.6 Å². The molecule has 3 heteroatoms. The molecule has 2 atom stereocenters. The molecule has 136 valence electrons. The summed E-state index contributed by atoms with van der Waals surface area (Å²) in [5.41, 5.74) is 0. The van der Waals surface area contributed by atoms with E-state index in [-0.39, 0.29) is 5.97 Å². The first-order valence-corrected chi connectivity index (χ1v) is 10.9. The van der Waals surface area contributed by atoms with E-state index < -0.39 is 0 Å². The van der Waals surface area contributed by atoms with Crippen LogP contribution < -0.4 is 0 Å².